The highest BCUT2D eigenvalue weighted by Gasteiger charge is 2.22. The average molecular weight is 334 g/mol. The predicted molar refractivity (Wildman–Crippen MR) is 80.9 cm³/mol. The second kappa shape index (κ2) is 7.00. The van der Waals surface area contributed by atoms with Crippen LogP contribution in [-0.2, 0) is 9.53 Å². The third-order valence-corrected chi connectivity index (χ3v) is 2.94. The fraction of sp³-hybridized carbons (Fsp3) is 0.429. The van der Waals surface area contributed by atoms with Gasteiger partial charge in [-0.05, 0) is 39.8 Å². The fourth-order valence-electron chi connectivity index (χ4n) is 1.29. The Labute approximate surface area is 133 Å². The lowest BCUT2D eigenvalue weighted by atomic mass is 10.2. The fourth-order valence-corrected chi connectivity index (χ4v) is 1.58. The van der Waals surface area contributed by atoms with E-state index in [1.165, 1.54) is 25.1 Å². The number of amides is 1. The van der Waals surface area contributed by atoms with Gasteiger partial charge in [0.1, 0.15) is 17.4 Å². The van der Waals surface area contributed by atoms with Crippen LogP contribution in [0.5, 0.6) is 5.75 Å². The molecule has 1 atom stereocenters. The summed E-state index contributed by atoms with van der Waals surface area (Å²) in [5, 5.41) is 3.02. The van der Waals surface area contributed by atoms with Crippen LogP contribution in [0.25, 0.3) is 0 Å². The number of carbonyl (C=O) groups is 2. The number of ether oxygens (including phenoxy) is 2. The van der Waals surface area contributed by atoms with Crippen molar-refractivity contribution in [1.82, 2.24) is 5.32 Å². The molecule has 1 aromatic rings. The van der Waals surface area contributed by atoms with Crippen molar-refractivity contribution in [3.63, 3.8) is 0 Å². The average Bonchev–Trinajstić information content (AvgIpc) is 2.31. The summed E-state index contributed by atoms with van der Waals surface area (Å²) in [7, 11) is 0. The SMILES string of the molecule is C[C@H](NC(=O)OC(C)(C)C)C(=O)Oc1ccc(Cl)c(Cl)c1. The predicted octanol–water partition coefficient (Wildman–Crippen LogP) is 3.81. The molecule has 1 aromatic carbocycles. The van der Waals surface area contributed by atoms with Crippen LogP contribution >= 0.6 is 23.2 Å². The largest absolute Gasteiger partial charge is 0.444 e. The molecule has 0 aliphatic rings. The van der Waals surface area contributed by atoms with Crippen LogP contribution < -0.4 is 10.1 Å². The molecule has 0 aliphatic carbocycles. The van der Waals surface area contributed by atoms with Gasteiger partial charge in [0.05, 0.1) is 10.0 Å². The Balaban J connectivity index is 2.58. The first-order chi connectivity index (χ1) is 9.58. The van der Waals surface area contributed by atoms with Gasteiger partial charge in [0.25, 0.3) is 0 Å². The number of carbonyl (C=O) groups excluding carboxylic acids is 2. The van der Waals surface area contributed by atoms with E-state index in [0.29, 0.717) is 5.02 Å². The smallest absolute Gasteiger partial charge is 0.408 e. The van der Waals surface area contributed by atoms with Crippen molar-refractivity contribution in [3.05, 3.63) is 28.2 Å². The summed E-state index contributed by atoms with van der Waals surface area (Å²) in [5.41, 5.74) is -0.641. The zero-order valence-corrected chi connectivity index (χ0v) is 13.7. The van der Waals surface area contributed by atoms with Gasteiger partial charge in [-0.15, -0.1) is 0 Å². The Morgan fingerprint density at radius 3 is 2.33 bits per heavy atom. The van der Waals surface area contributed by atoms with Crippen molar-refractivity contribution >= 4 is 35.3 Å². The van der Waals surface area contributed by atoms with Crippen LogP contribution in [0, 0.1) is 0 Å². The number of alkyl carbamates (subject to hydrolysis) is 1. The molecule has 5 nitrogen and oxygen atoms in total. The molecule has 0 unspecified atom stereocenters. The molecule has 1 rings (SSSR count). The molecule has 21 heavy (non-hydrogen) atoms. The lowest BCUT2D eigenvalue weighted by Gasteiger charge is -2.21. The molecule has 0 aromatic heterocycles. The first-order valence-electron chi connectivity index (χ1n) is 6.25. The Kier molecular flexibility index (Phi) is 5.87. The molecular formula is C14H17Cl2NO4. The molecule has 0 saturated heterocycles. The lowest BCUT2D eigenvalue weighted by molar-refractivity contribution is -0.136. The van der Waals surface area contributed by atoms with Gasteiger partial charge < -0.3 is 14.8 Å². The van der Waals surface area contributed by atoms with Gasteiger partial charge in [-0.1, -0.05) is 23.2 Å². The van der Waals surface area contributed by atoms with Crippen LogP contribution in [0.2, 0.25) is 10.0 Å². The third-order valence-electron chi connectivity index (χ3n) is 2.20. The summed E-state index contributed by atoms with van der Waals surface area (Å²) in [5.74, 6) is -0.397. The van der Waals surface area contributed by atoms with Gasteiger partial charge >= 0.3 is 12.1 Å². The van der Waals surface area contributed by atoms with Crippen molar-refractivity contribution in [2.75, 3.05) is 0 Å². The van der Waals surface area contributed by atoms with E-state index in [9.17, 15) is 9.59 Å². The van der Waals surface area contributed by atoms with Gasteiger partial charge in [0, 0.05) is 6.07 Å². The van der Waals surface area contributed by atoms with Crippen molar-refractivity contribution in [3.8, 4) is 5.75 Å². The minimum Gasteiger partial charge on any atom is -0.444 e. The number of hydrogen-bond donors (Lipinski definition) is 1. The molecule has 0 heterocycles. The monoisotopic (exact) mass is 333 g/mol. The molecule has 0 radical (unpaired) electrons. The van der Waals surface area contributed by atoms with Crippen molar-refractivity contribution in [1.29, 1.82) is 0 Å². The maximum absolute atomic E-state index is 11.8. The highest BCUT2D eigenvalue weighted by molar-refractivity contribution is 6.42. The quantitative estimate of drug-likeness (QED) is 0.674. The van der Waals surface area contributed by atoms with Crippen LogP contribution in [0.3, 0.4) is 0 Å². The Bertz CT molecular complexity index is 540. The zero-order chi connectivity index (χ0) is 16.2. The molecule has 0 spiro atoms. The molecule has 116 valence electrons. The number of benzene rings is 1. The second-order valence-electron chi connectivity index (χ2n) is 5.36. The highest BCUT2D eigenvalue weighted by Crippen LogP contribution is 2.26. The molecule has 0 aliphatic heterocycles. The van der Waals surface area contributed by atoms with E-state index in [1.54, 1.807) is 20.8 Å². The standard InChI is InChI=1S/C14H17Cl2NO4/c1-8(17-13(19)21-14(2,3)4)12(18)20-9-5-6-10(15)11(16)7-9/h5-8H,1-4H3,(H,17,19)/t8-/m0/s1. The van der Waals surface area contributed by atoms with E-state index in [2.05, 4.69) is 5.32 Å². The third kappa shape index (κ3) is 6.23. The van der Waals surface area contributed by atoms with E-state index in [0.717, 1.165) is 0 Å². The van der Waals surface area contributed by atoms with Crippen molar-refractivity contribution in [2.45, 2.75) is 39.3 Å². The number of rotatable bonds is 3. The molecule has 0 fully saturated rings. The van der Waals surface area contributed by atoms with E-state index in [1.807, 2.05) is 0 Å². The van der Waals surface area contributed by atoms with E-state index >= 15 is 0 Å². The number of hydrogen-bond acceptors (Lipinski definition) is 4. The maximum Gasteiger partial charge on any atom is 0.408 e. The van der Waals surface area contributed by atoms with Gasteiger partial charge in [-0.25, -0.2) is 9.59 Å². The first kappa shape index (κ1) is 17.6. The minimum atomic E-state index is -0.866. The molecule has 1 N–H and O–H groups in total. The maximum atomic E-state index is 11.8. The van der Waals surface area contributed by atoms with E-state index in [4.69, 9.17) is 32.7 Å². The Morgan fingerprint density at radius 2 is 1.81 bits per heavy atom. The van der Waals surface area contributed by atoms with Crippen LogP contribution in [-0.4, -0.2) is 23.7 Å². The van der Waals surface area contributed by atoms with Gasteiger partial charge in [-0.3, -0.25) is 0 Å². The summed E-state index contributed by atoms with van der Waals surface area (Å²) in [4.78, 5) is 23.4. The Morgan fingerprint density at radius 1 is 1.19 bits per heavy atom. The summed E-state index contributed by atoms with van der Waals surface area (Å²) in [6.07, 6.45) is -0.693. The molecule has 0 bridgehead atoms. The van der Waals surface area contributed by atoms with E-state index < -0.39 is 23.7 Å². The zero-order valence-electron chi connectivity index (χ0n) is 12.2. The highest BCUT2D eigenvalue weighted by atomic mass is 35.5. The molecule has 7 heteroatoms. The minimum absolute atomic E-state index is 0.243. The second-order valence-corrected chi connectivity index (χ2v) is 6.18. The Hall–Kier alpha value is -1.46. The summed E-state index contributed by atoms with van der Waals surface area (Å²) in [6, 6.07) is 3.57. The van der Waals surface area contributed by atoms with Gasteiger partial charge in [-0.2, -0.15) is 0 Å². The summed E-state index contributed by atoms with van der Waals surface area (Å²) < 4.78 is 10.1. The van der Waals surface area contributed by atoms with Gasteiger partial charge in [0.2, 0.25) is 0 Å². The lowest BCUT2D eigenvalue weighted by Crippen LogP contribution is -2.43. The topological polar surface area (TPSA) is 64.6 Å². The van der Waals surface area contributed by atoms with Gasteiger partial charge in [0.15, 0.2) is 0 Å². The van der Waals surface area contributed by atoms with Crippen LogP contribution in [0.15, 0.2) is 18.2 Å². The number of halogens is 2. The molecule has 1 amide bonds. The number of nitrogens with one attached hydrogen (secondary N) is 1. The summed E-state index contributed by atoms with van der Waals surface area (Å²) >= 11 is 11.6. The van der Waals surface area contributed by atoms with Crippen LogP contribution in [0.4, 0.5) is 4.79 Å². The molecular weight excluding hydrogens is 317 g/mol. The normalized spacial score (nSPS) is 12.5. The number of esters is 1. The van der Waals surface area contributed by atoms with E-state index in [-0.39, 0.29) is 10.8 Å². The van der Waals surface area contributed by atoms with Crippen molar-refractivity contribution in [2.24, 2.45) is 0 Å². The molecule has 0 saturated carbocycles. The first-order valence-corrected chi connectivity index (χ1v) is 7.00. The van der Waals surface area contributed by atoms with Crippen LogP contribution in [0.1, 0.15) is 27.7 Å². The van der Waals surface area contributed by atoms with Crippen molar-refractivity contribution < 1.29 is 19.1 Å². The summed E-state index contributed by atoms with van der Waals surface area (Å²) in [6.45, 7) is 6.67.